The summed E-state index contributed by atoms with van der Waals surface area (Å²) in [5, 5.41) is 2.73. The fourth-order valence-corrected chi connectivity index (χ4v) is 4.75. The minimum atomic E-state index is -0.841. The van der Waals surface area contributed by atoms with E-state index in [1.807, 2.05) is 52.0 Å². The molecule has 3 rings (SSSR count). The number of hydrogen-bond acceptors (Lipinski definition) is 5. The van der Waals surface area contributed by atoms with Crippen molar-refractivity contribution in [3.63, 3.8) is 0 Å². The Labute approximate surface area is 207 Å². The Morgan fingerprint density at radius 1 is 0.971 bits per heavy atom. The number of likely N-dealkylation sites (N-methyl/N-ethyl adjacent to an activating group) is 1. The van der Waals surface area contributed by atoms with Gasteiger partial charge in [-0.2, -0.15) is 0 Å². The predicted molar refractivity (Wildman–Crippen MR) is 135 cm³/mol. The van der Waals surface area contributed by atoms with E-state index in [4.69, 9.17) is 9.47 Å². The number of ether oxygens (including phenoxy) is 2. The summed E-state index contributed by atoms with van der Waals surface area (Å²) in [6, 6.07) is 14.7. The standard InChI is InChI=1S/C28H36N2O5/c1-7-18(4)25(27(32)34-6)30(5)26(31)24(17(2)3)29-28(33)35-16-23-21-14-10-8-12-19(21)20-13-9-11-15-22(20)23/h8-15,17-18,23-25H,7,16H2,1-6H3,(H,29,33)/t18-,24-,25-/m0/s1. The maximum Gasteiger partial charge on any atom is 0.407 e. The number of rotatable bonds is 9. The maximum absolute atomic E-state index is 13.3. The van der Waals surface area contributed by atoms with E-state index in [-0.39, 0.29) is 30.3 Å². The van der Waals surface area contributed by atoms with Crippen molar-refractivity contribution in [2.45, 2.75) is 52.1 Å². The number of benzene rings is 2. The Hall–Kier alpha value is -3.35. The lowest BCUT2D eigenvalue weighted by Gasteiger charge is -2.34. The summed E-state index contributed by atoms with van der Waals surface area (Å²) in [5.41, 5.74) is 4.53. The van der Waals surface area contributed by atoms with Crippen molar-refractivity contribution in [1.82, 2.24) is 10.2 Å². The molecule has 1 aliphatic carbocycles. The van der Waals surface area contributed by atoms with Gasteiger partial charge in [-0.3, -0.25) is 4.79 Å². The molecule has 7 heteroatoms. The fraction of sp³-hybridized carbons (Fsp3) is 0.464. The van der Waals surface area contributed by atoms with Crippen molar-refractivity contribution >= 4 is 18.0 Å². The first-order chi connectivity index (χ1) is 16.7. The Balaban J connectivity index is 1.71. The van der Waals surface area contributed by atoms with Gasteiger partial charge in [-0.15, -0.1) is 0 Å². The Morgan fingerprint density at radius 3 is 2.00 bits per heavy atom. The van der Waals surface area contributed by atoms with Crippen LogP contribution in [0.2, 0.25) is 0 Å². The number of hydrogen-bond donors (Lipinski definition) is 1. The summed E-state index contributed by atoms with van der Waals surface area (Å²) in [4.78, 5) is 39.9. The molecule has 0 bridgehead atoms. The minimum Gasteiger partial charge on any atom is -0.467 e. The summed E-state index contributed by atoms with van der Waals surface area (Å²) in [6.45, 7) is 7.70. The number of amides is 2. The van der Waals surface area contributed by atoms with Crippen molar-refractivity contribution < 1.29 is 23.9 Å². The lowest BCUT2D eigenvalue weighted by molar-refractivity contribution is -0.155. The summed E-state index contributed by atoms with van der Waals surface area (Å²) in [5.74, 6) is -1.21. The summed E-state index contributed by atoms with van der Waals surface area (Å²) in [6.07, 6.45) is 0.0364. The molecule has 188 valence electrons. The van der Waals surface area contributed by atoms with Crippen LogP contribution in [0.3, 0.4) is 0 Å². The molecule has 0 aliphatic heterocycles. The van der Waals surface area contributed by atoms with Crippen molar-refractivity contribution in [3.8, 4) is 11.1 Å². The summed E-state index contributed by atoms with van der Waals surface area (Å²) < 4.78 is 10.6. The molecule has 0 saturated carbocycles. The summed E-state index contributed by atoms with van der Waals surface area (Å²) in [7, 11) is 2.88. The van der Waals surface area contributed by atoms with Gasteiger partial charge >= 0.3 is 12.1 Å². The van der Waals surface area contributed by atoms with Crippen LogP contribution in [0.1, 0.15) is 51.2 Å². The SMILES string of the molecule is CC[C@H](C)[C@@H](C(=O)OC)N(C)C(=O)[C@@H](NC(=O)OCC1c2ccccc2-c2ccccc21)C(C)C. The van der Waals surface area contributed by atoms with Gasteiger partial charge in [0.05, 0.1) is 7.11 Å². The van der Waals surface area contributed by atoms with E-state index in [0.717, 1.165) is 22.3 Å². The van der Waals surface area contributed by atoms with Gasteiger partial charge in [0.2, 0.25) is 5.91 Å². The Kier molecular flexibility index (Phi) is 8.54. The van der Waals surface area contributed by atoms with E-state index in [0.29, 0.717) is 6.42 Å². The second kappa shape index (κ2) is 11.4. The molecule has 0 fully saturated rings. The molecular formula is C28H36N2O5. The number of carbonyl (C=O) groups is 3. The number of alkyl carbamates (subject to hydrolysis) is 1. The largest absolute Gasteiger partial charge is 0.467 e. The molecule has 2 aromatic carbocycles. The zero-order chi connectivity index (χ0) is 25.7. The van der Waals surface area contributed by atoms with Gasteiger partial charge in [-0.25, -0.2) is 9.59 Å². The smallest absolute Gasteiger partial charge is 0.407 e. The van der Waals surface area contributed by atoms with Crippen LogP contribution in [0.4, 0.5) is 4.79 Å². The van der Waals surface area contributed by atoms with Gasteiger partial charge < -0.3 is 19.7 Å². The first-order valence-electron chi connectivity index (χ1n) is 12.2. The van der Waals surface area contributed by atoms with Crippen molar-refractivity contribution in [2.24, 2.45) is 11.8 Å². The number of methoxy groups -OCH3 is 1. The highest BCUT2D eigenvalue weighted by atomic mass is 16.5. The van der Waals surface area contributed by atoms with E-state index < -0.39 is 24.1 Å². The molecule has 2 aromatic rings. The second-order valence-electron chi connectivity index (χ2n) is 9.49. The van der Waals surface area contributed by atoms with Gasteiger partial charge in [0.1, 0.15) is 18.7 Å². The number of carbonyl (C=O) groups excluding carboxylic acids is 3. The molecule has 0 radical (unpaired) electrons. The lowest BCUT2D eigenvalue weighted by atomic mass is 9.95. The van der Waals surface area contributed by atoms with Gasteiger partial charge in [-0.05, 0) is 34.1 Å². The minimum absolute atomic E-state index is 0.0712. The molecule has 7 nitrogen and oxygen atoms in total. The van der Waals surface area contributed by atoms with Crippen LogP contribution in [-0.4, -0.2) is 55.7 Å². The highest BCUT2D eigenvalue weighted by Crippen LogP contribution is 2.44. The normalized spacial score (nSPS) is 14.9. The van der Waals surface area contributed by atoms with E-state index in [9.17, 15) is 14.4 Å². The monoisotopic (exact) mass is 480 g/mol. The average molecular weight is 481 g/mol. The van der Waals surface area contributed by atoms with Crippen LogP contribution >= 0.6 is 0 Å². The van der Waals surface area contributed by atoms with Crippen LogP contribution in [0.5, 0.6) is 0 Å². The van der Waals surface area contributed by atoms with Gasteiger partial charge in [0.25, 0.3) is 0 Å². The quantitative estimate of drug-likeness (QED) is 0.531. The van der Waals surface area contributed by atoms with Gasteiger partial charge in [0.15, 0.2) is 0 Å². The first kappa shape index (κ1) is 26.3. The Morgan fingerprint density at radius 2 is 1.51 bits per heavy atom. The molecule has 1 N–H and O–H groups in total. The van der Waals surface area contributed by atoms with E-state index in [1.54, 1.807) is 7.05 Å². The van der Waals surface area contributed by atoms with Crippen LogP contribution in [0.25, 0.3) is 11.1 Å². The molecule has 3 atom stereocenters. The number of esters is 1. The summed E-state index contributed by atoms with van der Waals surface area (Å²) >= 11 is 0. The highest BCUT2D eigenvalue weighted by molar-refractivity contribution is 5.90. The zero-order valence-electron chi connectivity index (χ0n) is 21.4. The molecule has 35 heavy (non-hydrogen) atoms. The number of fused-ring (bicyclic) bond motifs is 3. The third kappa shape index (κ3) is 5.50. The predicted octanol–water partition coefficient (Wildman–Crippen LogP) is 4.60. The average Bonchev–Trinajstić information content (AvgIpc) is 3.18. The van der Waals surface area contributed by atoms with Crippen LogP contribution in [0.15, 0.2) is 48.5 Å². The molecule has 0 saturated heterocycles. The van der Waals surface area contributed by atoms with Crippen molar-refractivity contribution in [2.75, 3.05) is 20.8 Å². The maximum atomic E-state index is 13.3. The Bertz CT molecular complexity index is 1020. The van der Waals surface area contributed by atoms with Gasteiger partial charge in [-0.1, -0.05) is 82.6 Å². The molecule has 2 amide bonds. The topological polar surface area (TPSA) is 84.9 Å². The van der Waals surface area contributed by atoms with Crippen LogP contribution < -0.4 is 5.32 Å². The third-order valence-electron chi connectivity index (χ3n) is 6.94. The highest BCUT2D eigenvalue weighted by Gasteiger charge is 2.37. The molecule has 0 unspecified atom stereocenters. The zero-order valence-corrected chi connectivity index (χ0v) is 21.4. The number of nitrogens with zero attached hydrogens (tertiary/aromatic N) is 1. The molecular weight excluding hydrogens is 444 g/mol. The van der Waals surface area contributed by atoms with Gasteiger partial charge in [0, 0.05) is 13.0 Å². The van der Waals surface area contributed by atoms with Crippen molar-refractivity contribution in [1.29, 1.82) is 0 Å². The van der Waals surface area contributed by atoms with Crippen LogP contribution in [-0.2, 0) is 19.1 Å². The van der Waals surface area contributed by atoms with Crippen molar-refractivity contribution in [3.05, 3.63) is 59.7 Å². The second-order valence-corrected chi connectivity index (χ2v) is 9.49. The lowest BCUT2D eigenvalue weighted by Crippen LogP contribution is -2.56. The van der Waals surface area contributed by atoms with Crippen LogP contribution in [0, 0.1) is 11.8 Å². The third-order valence-corrected chi connectivity index (χ3v) is 6.94. The molecule has 0 spiro atoms. The number of nitrogens with one attached hydrogen (secondary N) is 1. The van der Waals surface area contributed by atoms with E-state index in [2.05, 4.69) is 29.6 Å². The van der Waals surface area contributed by atoms with E-state index in [1.165, 1.54) is 12.0 Å². The first-order valence-corrected chi connectivity index (χ1v) is 12.2. The molecule has 0 aromatic heterocycles. The fourth-order valence-electron chi connectivity index (χ4n) is 4.75. The van der Waals surface area contributed by atoms with E-state index >= 15 is 0 Å². The molecule has 0 heterocycles. The molecule has 1 aliphatic rings.